The number of nitrogen functional groups attached to an aromatic ring is 2. The van der Waals surface area contributed by atoms with Crippen molar-refractivity contribution in [3.63, 3.8) is 0 Å². The fourth-order valence-corrected chi connectivity index (χ4v) is 2.18. The van der Waals surface area contributed by atoms with Crippen LogP contribution in [0.2, 0.25) is 18.1 Å². The molecule has 0 bridgehead atoms. The first kappa shape index (κ1) is 14.1. The van der Waals surface area contributed by atoms with Gasteiger partial charge in [0.1, 0.15) is 0 Å². The molecule has 1 rings (SSSR count). The highest BCUT2D eigenvalue weighted by Gasteiger charge is 2.37. The Bertz CT molecular complexity index is 397. The summed E-state index contributed by atoms with van der Waals surface area (Å²) in [4.78, 5) is 0. The van der Waals surface area contributed by atoms with Gasteiger partial charge in [0.15, 0.2) is 8.32 Å². The lowest BCUT2D eigenvalue weighted by molar-refractivity contribution is 0.277. The Morgan fingerprint density at radius 2 is 1.76 bits per heavy atom. The van der Waals surface area contributed by atoms with Crippen LogP contribution in [0.4, 0.5) is 11.4 Å². The monoisotopic (exact) mass is 252 g/mol. The Morgan fingerprint density at radius 3 is 2.29 bits per heavy atom. The van der Waals surface area contributed by atoms with Crippen molar-refractivity contribution < 1.29 is 4.43 Å². The maximum absolute atomic E-state index is 6.12. The van der Waals surface area contributed by atoms with Gasteiger partial charge in [0.25, 0.3) is 0 Å². The molecule has 0 heterocycles. The van der Waals surface area contributed by atoms with Crippen LogP contribution in [0.5, 0.6) is 0 Å². The zero-order valence-corrected chi connectivity index (χ0v) is 12.5. The van der Waals surface area contributed by atoms with Gasteiger partial charge in [-0.1, -0.05) is 32.9 Å². The summed E-state index contributed by atoms with van der Waals surface area (Å²) in [5.74, 6) is 0. The molecule has 4 N–H and O–H groups in total. The van der Waals surface area contributed by atoms with E-state index in [0.29, 0.717) is 18.0 Å². The first-order chi connectivity index (χ1) is 7.65. The molecule has 0 saturated carbocycles. The van der Waals surface area contributed by atoms with E-state index in [1.807, 2.05) is 18.2 Å². The Labute approximate surface area is 105 Å². The Hall–Kier alpha value is -1.00. The van der Waals surface area contributed by atoms with E-state index in [0.717, 1.165) is 5.56 Å². The second-order valence-electron chi connectivity index (χ2n) is 5.97. The minimum absolute atomic E-state index is 0.210. The van der Waals surface area contributed by atoms with Gasteiger partial charge in [-0.05, 0) is 24.2 Å². The summed E-state index contributed by atoms with van der Waals surface area (Å²) in [6, 6.07) is 5.69. The van der Waals surface area contributed by atoms with E-state index in [1.54, 1.807) is 0 Å². The molecular weight excluding hydrogens is 228 g/mol. The van der Waals surface area contributed by atoms with Gasteiger partial charge in [0, 0.05) is 5.56 Å². The van der Waals surface area contributed by atoms with Gasteiger partial charge >= 0.3 is 0 Å². The first-order valence-corrected chi connectivity index (χ1v) is 8.83. The maximum atomic E-state index is 6.12. The summed E-state index contributed by atoms with van der Waals surface area (Å²) >= 11 is 0. The van der Waals surface area contributed by atoms with E-state index >= 15 is 0 Å². The minimum atomic E-state index is -1.72. The van der Waals surface area contributed by atoms with Crippen molar-refractivity contribution in [3.8, 4) is 0 Å². The third kappa shape index (κ3) is 3.23. The molecule has 0 aliphatic rings. The predicted molar refractivity (Wildman–Crippen MR) is 77.3 cm³/mol. The van der Waals surface area contributed by atoms with Crippen LogP contribution in [0.1, 0.15) is 26.3 Å². The molecule has 96 valence electrons. The predicted octanol–water partition coefficient (Wildman–Crippen LogP) is 3.37. The molecule has 0 amide bonds. The minimum Gasteiger partial charge on any atom is -0.412 e. The second kappa shape index (κ2) is 4.70. The van der Waals surface area contributed by atoms with Crippen LogP contribution >= 0.6 is 0 Å². The molecule has 1 aromatic rings. The SMILES string of the molecule is CC(C)(C)[Si](C)(C)OCc1cccc(N)c1N. The molecule has 0 aliphatic heterocycles. The highest BCUT2D eigenvalue weighted by molar-refractivity contribution is 6.74. The summed E-state index contributed by atoms with van der Waals surface area (Å²) in [6.07, 6.45) is 0. The van der Waals surface area contributed by atoms with Crippen molar-refractivity contribution in [3.05, 3.63) is 23.8 Å². The number of nitrogens with two attached hydrogens (primary N) is 2. The second-order valence-corrected chi connectivity index (χ2v) is 10.8. The van der Waals surface area contributed by atoms with Gasteiger partial charge in [-0.15, -0.1) is 0 Å². The molecule has 0 unspecified atom stereocenters. The Kier molecular flexibility index (Phi) is 3.89. The normalized spacial score (nSPS) is 12.8. The molecule has 0 spiro atoms. The van der Waals surface area contributed by atoms with Gasteiger partial charge < -0.3 is 15.9 Å². The van der Waals surface area contributed by atoms with E-state index in [1.165, 1.54) is 0 Å². The largest absolute Gasteiger partial charge is 0.412 e. The molecule has 0 saturated heterocycles. The van der Waals surface area contributed by atoms with Crippen molar-refractivity contribution in [2.24, 2.45) is 0 Å². The standard InChI is InChI=1S/C13H24N2OSi/c1-13(2,3)17(4,5)16-9-10-7-6-8-11(14)12(10)15/h6-8H,9,14-15H2,1-5H3. The van der Waals surface area contributed by atoms with Crippen molar-refractivity contribution in [1.29, 1.82) is 0 Å². The van der Waals surface area contributed by atoms with Crippen molar-refractivity contribution in [2.75, 3.05) is 11.5 Å². The number of rotatable bonds is 3. The Morgan fingerprint density at radius 1 is 1.18 bits per heavy atom. The molecule has 3 nitrogen and oxygen atoms in total. The average Bonchev–Trinajstić information content (AvgIpc) is 2.18. The van der Waals surface area contributed by atoms with Crippen LogP contribution < -0.4 is 11.5 Å². The lowest BCUT2D eigenvalue weighted by Crippen LogP contribution is -2.40. The number of para-hydroxylation sites is 1. The van der Waals surface area contributed by atoms with Crippen molar-refractivity contribution in [2.45, 2.75) is 45.5 Å². The van der Waals surface area contributed by atoms with Crippen LogP contribution in [-0.4, -0.2) is 8.32 Å². The van der Waals surface area contributed by atoms with E-state index < -0.39 is 8.32 Å². The molecule has 0 radical (unpaired) electrons. The zero-order chi connectivity index (χ0) is 13.3. The number of hydrogen-bond acceptors (Lipinski definition) is 3. The van der Waals surface area contributed by atoms with Gasteiger partial charge in [-0.25, -0.2) is 0 Å². The highest BCUT2D eigenvalue weighted by Crippen LogP contribution is 2.37. The molecule has 0 atom stereocenters. The summed E-state index contributed by atoms with van der Waals surface area (Å²) in [5.41, 5.74) is 14.0. The van der Waals surface area contributed by atoms with E-state index in [2.05, 4.69) is 33.9 Å². The van der Waals surface area contributed by atoms with E-state index in [-0.39, 0.29) is 5.04 Å². The fourth-order valence-electron chi connectivity index (χ4n) is 1.23. The summed E-state index contributed by atoms with van der Waals surface area (Å²) < 4.78 is 6.12. The summed E-state index contributed by atoms with van der Waals surface area (Å²) in [7, 11) is -1.72. The number of anilines is 2. The number of hydrogen-bond donors (Lipinski definition) is 2. The van der Waals surface area contributed by atoms with Gasteiger partial charge in [-0.3, -0.25) is 0 Å². The van der Waals surface area contributed by atoms with Crippen molar-refractivity contribution >= 4 is 19.7 Å². The maximum Gasteiger partial charge on any atom is 0.192 e. The zero-order valence-electron chi connectivity index (χ0n) is 11.5. The van der Waals surface area contributed by atoms with Crippen LogP contribution in [0.25, 0.3) is 0 Å². The van der Waals surface area contributed by atoms with Crippen molar-refractivity contribution in [1.82, 2.24) is 0 Å². The topological polar surface area (TPSA) is 61.3 Å². The highest BCUT2D eigenvalue weighted by atomic mass is 28.4. The van der Waals surface area contributed by atoms with Crippen LogP contribution in [0, 0.1) is 0 Å². The molecule has 4 heteroatoms. The first-order valence-electron chi connectivity index (χ1n) is 5.92. The van der Waals surface area contributed by atoms with Gasteiger partial charge in [0.05, 0.1) is 18.0 Å². The molecule has 0 fully saturated rings. The lowest BCUT2D eigenvalue weighted by atomic mass is 10.1. The Balaban J connectivity index is 2.78. The molecule has 17 heavy (non-hydrogen) atoms. The fraction of sp³-hybridized carbons (Fsp3) is 0.538. The van der Waals surface area contributed by atoms with Crippen LogP contribution in [-0.2, 0) is 11.0 Å². The average molecular weight is 252 g/mol. The molecular formula is C13H24N2OSi. The summed E-state index contributed by atoms with van der Waals surface area (Å²) in [5, 5.41) is 0.210. The molecule has 0 aromatic heterocycles. The summed E-state index contributed by atoms with van der Waals surface area (Å²) in [6.45, 7) is 11.7. The van der Waals surface area contributed by atoms with Crippen LogP contribution in [0.15, 0.2) is 18.2 Å². The number of benzene rings is 1. The molecule has 0 aliphatic carbocycles. The van der Waals surface area contributed by atoms with E-state index in [9.17, 15) is 0 Å². The quantitative estimate of drug-likeness (QED) is 0.640. The lowest BCUT2D eigenvalue weighted by Gasteiger charge is -2.36. The third-order valence-corrected chi connectivity index (χ3v) is 8.10. The van der Waals surface area contributed by atoms with E-state index in [4.69, 9.17) is 15.9 Å². The smallest absolute Gasteiger partial charge is 0.192 e. The van der Waals surface area contributed by atoms with Gasteiger partial charge in [-0.2, -0.15) is 0 Å². The van der Waals surface area contributed by atoms with Crippen LogP contribution in [0.3, 0.4) is 0 Å². The third-order valence-electron chi connectivity index (χ3n) is 3.62. The van der Waals surface area contributed by atoms with Gasteiger partial charge in [0.2, 0.25) is 0 Å². The molecule has 1 aromatic carbocycles.